The minimum atomic E-state index is 0.167. The van der Waals surface area contributed by atoms with Crippen LogP contribution < -0.4 is 5.32 Å². The highest BCUT2D eigenvalue weighted by molar-refractivity contribution is 5.82. The van der Waals surface area contributed by atoms with Crippen LogP contribution in [-0.4, -0.2) is 18.9 Å². The van der Waals surface area contributed by atoms with Gasteiger partial charge in [-0.25, -0.2) is 0 Å². The summed E-state index contributed by atoms with van der Waals surface area (Å²) in [6.07, 6.45) is 0.954. The molecule has 0 radical (unpaired) electrons. The molecule has 1 N–H and O–H groups in total. The molecule has 2 atom stereocenters. The van der Waals surface area contributed by atoms with E-state index in [0.717, 1.165) is 19.5 Å². The van der Waals surface area contributed by atoms with E-state index in [1.54, 1.807) is 0 Å². The molecule has 0 saturated heterocycles. The lowest BCUT2D eigenvalue weighted by molar-refractivity contribution is -0.125. The van der Waals surface area contributed by atoms with Gasteiger partial charge in [0.2, 0.25) is 0 Å². The molecule has 0 aromatic rings. The van der Waals surface area contributed by atoms with E-state index in [0.29, 0.717) is 5.78 Å². The van der Waals surface area contributed by atoms with Crippen molar-refractivity contribution < 1.29 is 4.79 Å². The molecule has 0 aromatic carbocycles. The Morgan fingerprint density at radius 2 is 1.83 bits per heavy atom. The van der Waals surface area contributed by atoms with Crippen molar-refractivity contribution in [1.29, 1.82) is 0 Å². The zero-order valence-electron chi connectivity index (χ0n) is 8.68. The predicted molar refractivity (Wildman–Crippen MR) is 52.2 cm³/mol. The summed E-state index contributed by atoms with van der Waals surface area (Å²) in [7, 11) is 0. The van der Waals surface area contributed by atoms with E-state index >= 15 is 0 Å². The summed E-state index contributed by atoms with van der Waals surface area (Å²) in [5.41, 5.74) is 0. The molecular formula is C10H21NO. The first-order valence-electron chi connectivity index (χ1n) is 4.87. The van der Waals surface area contributed by atoms with Gasteiger partial charge < -0.3 is 5.32 Å². The lowest BCUT2D eigenvalue weighted by atomic mass is 9.93. The molecule has 2 heteroatoms. The minimum absolute atomic E-state index is 0.167. The van der Waals surface area contributed by atoms with Gasteiger partial charge in [0, 0.05) is 18.4 Å². The number of hydrogen-bond donors (Lipinski definition) is 1. The first-order valence-corrected chi connectivity index (χ1v) is 4.87. The van der Waals surface area contributed by atoms with Crippen molar-refractivity contribution in [2.24, 2.45) is 11.8 Å². The van der Waals surface area contributed by atoms with Gasteiger partial charge in [0.05, 0.1) is 0 Å². The molecule has 72 valence electrons. The van der Waals surface area contributed by atoms with Crippen LogP contribution in [-0.2, 0) is 4.79 Å². The molecule has 0 rings (SSSR count). The van der Waals surface area contributed by atoms with Crippen molar-refractivity contribution in [3.8, 4) is 0 Å². The third kappa shape index (κ3) is 3.86. The summed E-state index contributed by atoms with van der Waals surface area (Å²) in [6.45, 7) is 9.88. The van der Waals surface area contributed by atoms with Gasteiger partial charge in [0.1, 0.15) is 5.78 Å². The van der Waals surface area contributed by atoms with Crippen LogP contribution in [0.5, 0.6) is 0 Å². The van der Waals surface area contributed by atoms with Crippen LogP contribution in [0.3, 0.4) is 0 Å². The third-order valence-electron chi connectivity index (χ3n) is 2.28. The number of Topliss-reactive ketones (excluding diaryl/α,β-unsaturated/α-hetero) is 1. The summed E-state index contributed by atoms with van der Waals surface area (Å²) in [4.78, 5) is 11.5. The van der Waals surface area contributed by atoms with Crippen LogP contribution >= 0.6 is 0 Å². The Labute approximate surface area is 75.7 Å². The Hall–Kier alpha value is -0.370. The normalized spacial score (nSPS) is 15.7. The zero-order valence-corrected chi connectivity index (χ0v) is 8.68. The molecule has 0 saturated carbocycles. The van der Waals surface area contributed by atoms with Gasteiger partial charge in [0.25, 0.3) is 0 Å². The Morgan fingerprint density at radius 1 is 1.25 bits per heavy atom. The first-order chi connectivity index (χ1) is 5.63. The van der Waals surface area contributed by atoms with Gasteiger partial charge >= 0.3 is 0 Å². The van der Waals surface area contributed by atoms with E-state index in [9.17, 15) is 4.79 Å². The Balaban J connectivity index is 3.75. The van der Waals surface area contributed by atoms with Crippen molar-refractivity contribution in [3.05, 3.63) is 0 Å². The molecule has 0 heterocycles. The van der Waals surface area contributed by atoms with Crippen LogP contribution in [0.25, 0.3) is 0 Å². The fourth-order valence-electron chi connectivity index (χ4n) is 1.15. The molecule has 0 amide bonds. The molecule has 0 aliphatic carbocycles. The van der Waals surface area contributed by atoms with Gasteiger partial charge in [-0.15, -0.1) is 0 Å². The molecule has 0 aliphatic rings. The average Bonchev–Trinajstić information content (AvgIpc) is 2.11. The third-order valence-corrected chi connectivity index (χ3v) is 2.28. The van der Waals surface area contributed by atoms with Gasteiger partial charge in [-0.05, 0) is 13.0 Å². The topological polar surface area (TPSA) is 29.1 Å². The predicted octanol–water partition coefficient (Wildman–Crippen LogP) is 1.85. The van der Waals surface area contributed by atoms with Crippen LogP contribution in [0, 0.1) is 11.8 Å². The fourth-order valence-corrected chi connectivity index (χ4v) is 1.15. The molecule has 0 aliphatic heterocycles. The van der Waals surface area contributed by atoms with Crippen LogP contribution in [0.2, 0.25) is 0 Å². The standard InChI is InChI=1S/C10H21NO/c1-5-8(3)10(12)9(4)7-11-6-2/h8-9,11H,5-7H2,1-4H3. The summed E-state index contributed by atoms with van der Waals surface area (Å²) in [5.74, 6) is 0.775. The van der Waals surface area contributed by atoms with Gasteiger partial charge in [-0.2, -0.15) is 0 Å². The van der Waals surface area contributed by atoms with Crippen molar-refractivity contribution in [2.75, 3.05) is 13.1 Å². The SMILES string of the molecule is CCNCC(C)C(=O)C(C)CC. The first kappa shape index (κ1) is 11.6. The largest absolute Gasteiger partial charge is 0.316 e. The van der Waals surface area contributed by atoms with Gasteiger partial charge in [-0.3, -0.25) is 4.79 Å². The van der Waals surface area contributed by atoms with Crippen molar-refractivity contribution in [3.63, 3.8) is 0 Å². The van der Waals surface area contributed by atoms with E-state index in [4.69, 9.17) is 0 Å². The molecule has 0 aromatic heterocycles. The van der Waals surface area contributed by atoms with Crippen molar-refractivity contribution in [1.82, 2.24) is 5.32 Å². The minimum Gasteiger partial charge on any atom is -0.316 e. The van der Waals surface area contributed by atoms with Crippen LogP contribution in [0.4, 0.5) is 0 Å². The number of ketones is 1. The number of nitrogens with one attached hydrogen (secondary N) is 1. The number of carbonyl (C=O) groups is 1. The molecule has 12 heavy (non-hydrogen) atoms. The van der Waals surface area contributed by atoms with E-state index in [-0.39, 0.29) is 11.8 Å². The second-order valence-corrected chi connectivity index (χ2v) is 3.42. The highest BCUT2D eigenvalue weighted by Crippen LogP contribution is 2.09. The van der Waals surface area contributed by atoms with E-state index in [2.05, 4.69) is 19.2 Å². The Bertz CT molecular complexity index is 134. The maximum absolute atomic E-state index is 11.5. The van der Waals surface area contributed by atoms with E-state index in [1.165, 1.54) is 0 Å². The van der Waals surface area contributed by atoms with Crippen molar-refractivity contribution >= 4 is 5.78 Å². The molecule has 0 fully saturated rings. The molecule has 2 nitrogen and oxygen atoms in total. The van der Waals surface area contributed by atoms with Crippen molar-refractivity contribution in [2.45, 2.75) is 34.1 Å². The molecule has 0 spiro atoms. The zero-order chi connectivity index (χ0) is 9.56. The van der Waals surface area contributed by atoms with Gasteiger partial charge in [-0.1, -0.05) is 27.7 Å². The average molecular weight is 171 g/mol. The summed E-state index contributed by atoms with van der Waals surface area (Å²) in [6, 6.07) is 0. The number of hydrogen-bond acceptors (Lipinski definition) is 2. The lowest BCUT2D eigenvalue weighted by Gasteiger charge is -2.14. The van der Waals surface area contributed by atoms with E-state index < -0.39 is 0 Å². The highest BCUT2D eigenvalue weighted by Gasteiger charge is 2.17. The number of rotatable bonds is 6. The smallest absolute Gasteiger partial charge is 0.139 e. The number of carbonyl (C=O) groups excluding carboxylic acids is 1. The second kappa shape index (κ2) is 6.18. The van der Waals surface area contributed by atoms with Crippen LogP contribution in [0.1, 0.15) is 34.1 Å². The monoisotopic (exact) mass is 171 g/mol. The molecule has 0 bridgehead atoms. The maximum Gasteiger partial charge on any atom is 0.139 e. The molecule has 2 unspecified atom stereocenters. The quantitative estimate of drug-likeness (QED) is 0.660. The Morgan fingerprint density at radius 3 is 2.25 bits per heavy atom. The summed E-state index contributed by atoms with van der Waals surface area (Å²) >= 11 is 0. The fraction of sp³-hybridized carbons (Fsp3) is 0.900. The van der Waals surface area contributed by atoms with Crippen LogP contribution in [0.15, 0.2) is 0 Å². The molecular weight excluding hydrogens is 150 g/mol. The maximum atomic E-state index is 11.5. The highest BCUT2D eigenvalue weighted by atomic mass is 16.1. The Kier molecular flexibility index (Phi) is 5.99. The second-order valence-electron chi connectivity index (χ2n) is 3.42. The lowest BCUT2D eigenvalue weighted by Crippen LogP contribution is -2.29. The summed E-state index contributed by atoms with van der Waals surface area (Å²) in [5, 5.41) is 3.19. The van der Waals surface area contributed by atoms with Gasteiger partial charge in [0.15, 0.2) is 0 Å². The van der Waals surface area contributed by atoms with E-state index in [1.807, 2.05) is 13.8 Å². The summed E-state index contributed by atoms with van der Waals surface area (Å²) < 4.78 is 0.